The van der Waals surface area contributed by atoms with Gasteiger partial charge in [-0.2, -0.15) is 0 Å². The van der Waals surface area contributed by atoms with Crippen LogP contribution in [0.25, 0.3) is 10.9 Å². The van der Waals surface area contributed by atoms with Crippen LogP contribution in [0.15, 0.2) is 30.5 Å². The van der Waals surface area contributed by atoms with Gasteiger partial charge in [0.05, 0.1) is 12.3 Å². The number of nitrogens with zero attached hydrogens (tertiary/aromatic N) is 1. The monoisotopic (exact) mass is 330 g/mol. The van der Waals surface area contributed by atoms with Gasteiger partial charge in [0.25, 0.3) is 5.91 Å². The number of carbonyl (C=O) groups is 1. The van der Waals surface area contributed by atoms with E-state index in [0.717, 1.165) is 23.7 Å². The molecule has 5 heteroatoms. The highest BCUT2D eigenvalue weighted by Crippen LogP contribution is 2.31. The highest BCUT2D eigenvalue weighted by atomic mass is 16.5. The third-order valence-electron chi connectivity index (χ3n) is 4.22. The van der Waals surface area contributed by atoms with Crippen molar-refractivity contribution in [2.24, 2.45) is 0 Å². The van der Waals surface area contributed by atoms with E-state index < -0.39 is 5.60 Å². The number of hydrogen-bond acceptors (Lipinski definition) is 4. The maximum Gasteiger partial charge on any atom is 0.256 e. The number of methoxy groups -OCH3 is 1. The first-order valence-electron chi connectivity index (χ1n) is 8.42. The van der Waals surface area contributed by atoms with Crippen LogP contribution in [0.1, 0.15) is 40.0 Å². The highest BCUT2D eigenvalue weighted by molar-refractivity contribution is 6.05. The molecule has 0 saturated carbocycles. The van der Waals surface area contributed by atoms with Crippen LogP contribution >= 0.6 is 0 Å². The average Bonchev–Trinajstić information content (AvgIpc) is 2.61. The minimum absolute atomic E-state index is 0.146. The number of nitrogens with one attached hydrogen (secondary N) is 1. The molecule has 0 saturated heterocycles. The summed E-state index contributed by atoms with van der Waals surface area (Å²) in [5, 5.41) is 3.85. The van der Waals surface area contributed by atoms with Crippen molar-refractivity contribution < 1.29 is 14.3 Å². The number of carbonyl (C=O) groups excluding carboxylic acids is 1. The van der Waals surface area contributed by atoms with Gasteiger partial charge in [0.2, 0.25) is 0 Å². The number of benzene rings is 1. The Kier molecular flexibility index (Phi) is 6.15. The molecule has 2 rings (SSSR count). The molecule has 0 fully saturated rings. The molecule has 1 aromatic carbocycles. The van der Waals surface area contributed by atoms with Gasteiger partial charge in [-0.3, -0.25) is 9.78 Å². The van der Waals surface area contributed by atoms with Gasteiger partial charge < -0.3 is 14.8 Å². The molecule has 0 aliphatic heterocycles. The second-order valence-electron chi connectivity index (χ2n) is 5.94. The number of anilines is 1. The molecule has 130 valence electrons. The third kappa shape index (κ3) is 3.85. The van der Waals surface area contributed by atoms with Crippen molar-refractivity contribution in [1.29, 1.82) is 0 Å². The lowest BCUT2D eigenvalue weighted by Gasteiger charge is -2.27. The van der Waals surface area contributed by atoms with Crippen LogP contribution in [0.4, 0.5) is 5.69 Å². The molecular weight excluding hydrogens is 304 g/mol. The van der Waals surface area contributed by atoms with E-state index in [4.69, 9.17) is 9.47 Å². The lowest BCUT2D eigenvalue weighted by molar-refractivity contribution is -0.136. The number of fused-ring (bicyclic) bond motifs is 1. The largest absolute Gasteiger partial charge is 0.492 e. The average molecular weight is 330 g/mol. The van der Waals surface area contributed by atoms with Crippen LogP contribution in [0.3, 0.4) is 0 Å². The first kappa shape index (κ1) is 18.2. The molecule has 1 amide bonds. The van der Waals surface area contributed by atoms with Crippen LogP contribution in [0, 0.1) is 0 Å². The van der Waals surface area contributed by atoms with E-state index in [2.05, 4.69) is 17.2 Å². The maximum atomic E-state index is 12.7. The van der Waals surface area contributed by atoms with Crippen molar-refractivity contribution in [1.82, 2.24) is 4.98 Å². The molecule has 1 unspecified atom stereocenters. The van der Waals surface area contributed by atoms with Gasteiger partial charge in [0.15, 0.2) is 0 Å². The molecule has 1 atom stereocenters. The predicted octanol–water partition coefficient (Wildman–Crippen LogP) is 4.17. The van der Waals surface area contributed by atoms with E-state index in [1.165, 1.54) is 0 Å². The Morgan fingerprint density at radius 1 is 1.29 bits per heavy atom. The van der Waals surface area contributed by atoms with Crippen molar-refractivity contribution in [3.8, 4) is 5.75 Å². The highest BCUT2D eigenvalue weighted by Gasteiger charge is 2.32. The number of ether oxygens (including phenoxy) is 2. The third-order valence-corrected chi connectivity index (χ3v) is 4.22. The SMILES string of the molecule is CCCCC(C)(OC)C(=O)Nc1ccc(OCC)c2ncccc12. The van der Waals surface area contributed by atoms with Crippen LogP contribution in [-0.2, 0) is 9.53 Å². The van der Waals surface area contributed by atoms with Crippen molar-refractivity contribution in [3.63, 3.8) is 0 Å². The van der Waals surface area contributed by atoms with Gasteiger partial charge >= 0.3 is 0 Å². The number of unbranched alkanes of at least 4 members (excludes halogenated alkanes) is 1. The summed E-state index contributed by atoms with van der Waals surface area (Å²) < 4.78 is 11.1. The fraction of sp³-hybridized carbons (Fsp3) is 0.474. The zero-order chi connectivity index (χ0) is 17.6. The molecule has 0 spiro atoms. The van der Waals surface area contributed by atoms with E-state index >= 15 is 0 Å². The number of rotatable bonds is 8. The number of amides is 1. The zero-order valence-corrected chi connectivity index (χ0v) is 14.9. The minimum Gasteiger partial charge on any atom is -0.492 e. The van der Waals surface area contributed by atoms with Gasteiger partial charge in [0.1, 0.15) is 16.9 Å². The minimum atomic E-state index is -0.844. The van der Waals surface area contributed by atoms with Crippen LogP contribution in [-0.4, -0.2) is 30.2 Å². The number of aromatic nitrogens is 1. The molecule has 0 aliphatic rings. The Balaban J connectivity index is 2.33. The van der Waals surface area contributed by atoms with Gasteiger partial charge in [-0.25, -0.2) is 0 Å². The first-order valence-corrected chi connectivity index (χ1v) is 8.42. The number of pyridine rings is 1. The summed E-state index contributed by atoms with van der Waals surface area (Å²) in [6.45, 7) is 6.42. The first-order chi connectivity index (χ1) is 11.6. The summed E-state index contributed by atoms with van der Waals surface area (Å²) in [7, 11) is 1.58. The molecule has 1 N–H and O–H groups in total. The summed E-state index contributed by atoms with van der Waals surface area (Å²) in [5.74, 6) is 0.569. The molecule has 0 radical (unpaired) electrons. The molecule has 1 heterocycles. The van der Waals surface area contributed by atoms with E-state index in [1.54, 1.807) is 13.3 Å². The van der Waals surface area contributed by atoms with Crippen LogP contribution < -0.4 is 10.1 Å². The second-order valence-corrected chi connectivity index (χ2v) is 5.94. The molecule has 5 nitrogen and oxygen atoms in total. The van der Waals surface area contributed by atoms with E-state index in [-0.39, 0.29) is 5.91 Å². The molecule has 0 aliphatic carbocycles. The summed E-state index contributed by atoms with van der Waals surface area (Å²) in [4.78, 5) is 17.1. The van der Waals surface area contributed by atoms with Gasteiger partial charge in [0, 0.05) is 18.7 Å². The molecule has 24 heavy (non-hydrogen) atoms. The summed E-state index contributed by atoms with van der Waals surface area (Å²) in [6.07, 6.45) is 4.35. The van der Waals surface area contributed by atoms with E-state index in [9.17, 15) is 4.79 Å². The number of hydrogen-bond donors (Lipinski definition) is 1. The Hall–Kier alpha value is -2.14. The van der Waals surface area contributed by atoms with Crippen molar-refractivity contribution in [2.75, 3.05) is 19.0 Å². The fourth-order valence-electron chi connectivity index (χ4n) is 2.60. The predicted molar refractivity (Wildman–Crippen MR) is 96.5 cm³/mol. The Morgan fingerprint density at radius 2 is 2.08 bits per heavy atom. The van der Waals surface area contributed by atoms with Crippen LogP contribution in [0.2, 0.25) is 0 Å². The topological polar surface area (TPSA) is 60.5 Å². The Labute approximate surface area is 143 Å². The molecule has 1 aromatic heterocycles. The standard InChI is InChI=1S/C19H26N2O3/c1-5-7-12-19(3,23-4)18(22)21-15-10-11-16(24-6-2)17-14(15)9-8-13-20-17/h8-11,13H,5-7,12H2,1-4H3,(H,21,22). The zero-order valence-electron chi connectivity index (χ0n) is 14.9. The van der Waals surface area contributed by atoms with Crippen molar-refractivity contribution in [3.05, 3.63) is 30.5 Å². The van der Waals surface area contributed by atoms with Gasteiger partial charge in [-0.15, -0.1) is 0 Å². The molecule has 2 aromatic rings. The summed E-state index contributed by atoms with van der Waals surface area (Å²) in [5.41, 5.74) is 0.611. The quantitative estimate of drug-likeness (QED) is 0.789. The van der Waals surface area contributed by atoms with E-state index in [1.807, 2.05) is 38.1 Å². The molecule has 0 bridgehead atoms. The van der Waals surface area contributed by atoms with Crippen LogP contribution in [0.5, 0.6) is 5.75 Å². The summed E-state index contributed by atoms with van der Waals surface area (Å²) >= 11 is 0. The van der Waals surface area contributed by atoms with Crippen molar-refractivity contribution in [2.45, 2.75) is 45.6 Å². The molecular formula is C19H26N2O3. The maximum absolute atomic E-state index is 12.7. The Morgan fingerprint density at radius 3 is 2.75 bits per heavy atom. The fourth-order valence-corrected chi connectivity index (χ4v) is 2.60. The Bertz CT molecular complexity index is 702. The lowest BCUT2D eigenvalue weighted by Crippen LogP contribution is -2.42. The smallest absolute Gasteiger partial charge is 0.256 e. The normalized spacial score (nSPS) is 13.5. The van der Waals surface area contributed by atoms with Gasteiger partial charge in [-0.05, 0) is 44.5 Å². The van der Waals surface area contributed by atoms with Crippen molar-refractivity contribution >= 4 is 22.5 Å². The lowest BCUT2D eigenvalue weighted by atomic mass is 9.97. The van der Waals surface area contributed by atoms with Gasteiger partial charge in [-0.1, -0.05) is 19.8 Å². The summed E-state index contributed by atoms with van der Waals surface area (Å²) in [6, 6.07) is 7.46. The van der Waals surface area contributed by atoms with E-state index in [0.29, 0.717) is 24.5 Å². The second kappa shape index (κ2) is 8.11.